The number of amides is 2. The van der Waals surface area contributed by atoms with Crippen LogP contribution in [0.25, 0.3) is 0 Å². The van der Waals surface area contributed by atoms with Gasteiger partial charge in [0.25, 0.3) is 11.8 Å². The Balaban J connectivity index is 1.36. The zero-order valence-electron chi connectivity index (χ0n) is 21.1. The number of anilines is 1. The summed E-state index contributed by atoms with van der Waals surface area (Å²) in [5.74, 6) is -0.767. The van der Waals surface area contributed by atoms with E-state index in [4.69, 9.17) is 21.1 Å². The van der Waals surface area contributed by atoms with Crippen LogP contribution >= 0.6 is 22.9 Å². The number of fused-ring (bicyclic) bond motifs is 1. The highest BCUT2D eigenvalue weighted by Crippen LogP contribution is 2.38. The molecule has 198 valence electrons. The van der Waals surface area contributed by atoms with E-state index in [1.54, 1.807) is 56.3 Å². The van der Waals surface area contributed by atoms with Crippen LogP contribution in [0.1, 0.15) is 63.4 Å². The number of rotatable bonds is 9. The first kappa shape index (κ1) is 27.3. The Morgan fingerprint density at radius 3 is 2.63 bits per heavy atom. The van der Waals surface area contributed by atoms with Crippen LogP contribution in [-0.4, -0.2) is 36.7 Å². The van der Waals surface area contributed by atoms with Crippen molar-refractivity contribution in [2.75, 3.05) is 11.9 Å². The largest absolute Gasteiger partial charge is 0.481 e. The van der Waals surface area contributed by atoms with Crippen molar-refractivity contribution < 1.29 is 23.9 Å². The average Bonchev–Trinajstić information content (AvgIpc) is 3.27. The Morgan fingerprint density at radius 1 is 1.13 bits per heavy atom. The number of hydrogen-bond donors (Lipinski definition) is 2. The molecule has 1 aliphatic rings. The molecule has 1 aliphatic carbocycles. The zero-order valence-corrected chi connectivity index (χ0v) is 22.7. The van der Waals surface area contributed by atoms with Crippen LogP contribution in [0, 0.1) is 0 Å². The van der Waals surface area contributed by atoms with Gasteiger partial charge in [0.1, 0.15) is 10.8 Å². The second kappa shape index (κ2) is 12.7. The molecule has 4 rings (SSSR count). The molecule has 0 radical (unpaired) electrons. The van der Waals surface area contributed by atoms with Crippen LogP contribution in [0.3, 0.4) is 0 Å². The Hall–Kier alpha value is -3.69. The molecular weight excluding hydrogens is 526 g/mol. The van der Waals surface area contributed by atoms with Crippen LogP contribution in [0.2, 0.25) is 5.02 Å². The first-order valence-corrected chi connectivity index (χ1v) is 13.5. The maximum atomic E-state index is 13.0. The molecule has 0 bridgehead atoms. The second-order valence-corrected chi connectivity index (χ2v) is 10.2. The number of esters is 1. The van der Waals surface area contributed by atoms with E-state index in [-0.39, 0.29) is 12.5 Å². The molecule has 3 aromatic rings. The number of thiophene rings is 1. The normalized spacial score (nSPS) is 13.4. The number of hydrazone groups is 1. The summed E-state index contributed by atoms with van der Waals surface area (Å²) in [6.07, 6.45) is 4.44. The number of carbonyl (C=O) groups is 3. The molecule has 1 aromatic heterocycles. The highest BCUT2D eigenvalue weighted by atomic mass is 35.5. The molecule has 2 N–H and O–H groups in total. The van der Waals surface area contributed by atoms with Crippen molar-refractivity contribution in [2.45, 2.75) is 45.6 Å². The molecule has 1 atom stereocenters. The number of benzene rings is 2. The smallest absolute Gasteiger partial charge is 0.341 e. The van der Waals surface area contributed by atoms with E-state index in [1.165, 1.54) is 17.6 Å². The summed E-state index contributed by atoms with van der Waals surface area (Å²) >= 11 is 7.38. The lowest BCUT2D eigenvalue weighted by atomic mass is 9.95. The van der Waals surface area contributed by atoms with E-state index in [9.17, 15) is 14.4 Å². The van der Waals surface area contributed by atoms with Gasteiger partial charge in [-0.25, -0.2) is 10.2 Å². The van der Waals surface area contributed by atoms with Crippen LogP contribution in [-0.2, 0) is 22.4 Å². The van der Waals surface area contributed by atoms with Gasteiger partial charge >= 0.3 is 5.97 Å². The van der Waals surface area contributed by atoms with Gasteiger partial charge in [0.2, 0.25) is 0 Å². The third-order valence-corrected chi connectivity index (χ3v) is 7.36. The van der Waals surface area contributed by atoms with E-state index >= 15 is 0 Å². The molecule has 0 aliphatic heterocycles. The molecule has 38 heavy (non-hydrogen) atoms. The summed E-state index contributed by atoms with van der Waals surface area (Å²) in [6, 6.07) is 13.5. The lowest BCUT2D eigenvalue weighted by Crippen LogP contribution is -2.33. The Labute approximate surface area is 230 Å². The number of nitrogens with one attached hydrogen (secondary N) is 2. The molecule has 1 unspecified atom stereocenters. The predicted molar refractivity (Wildman–Crippen MR) is 149 cm³/mol. The highest BCUT2D eigenvalue weighted by molar-refractivity contribution is 7.17. The van der Waals surface area contributed by atoms with Crippen LogP contribution < -0.4 is 15.5 Å². The van der Waals surface area contributed by atoms with E-state index in [0.29, 0.717) is 26.9 Å². The van der Waals surface area contributed by atoms with E-state index in [2.05, 4.69) is 15.8 Å². The van der Waals surface area contributed by atoms with E-state index < -0.39 is 18.0 Å². The maximum Gasteiger partial charge on any atom is 0.341 e. The minimum Gasteiger partial charge on any atom is -0.481 e. The zero-order chi connectivity index (χ0) is 27.1. The Morgan fingerprint density at radius 2 is 1.89 bits per heavy atom. The quantitative estimate of drug-likeness (QED) is 0.203. The molecule has 1 heterocycles. The average molecular weight is 554 g/mol. The van der Waals surface area contributed by atoms with Gasteiger partial charge in [0.05, 0.1) is 18.4 Å². The van der Waals surface area contributed by atoms with Crippen molar-refractivity contribution in [3.63, 3.8) is 0 Å². The number of nitrogens with zero attached hydrogens (tertiary/aromatic N) is 1. The van der Waals surface area contributed by atoms with Gasteiger partial charge in [-0.05, 0) is 87.1 Å². The molecule has 8 nitrogen and oxygen atoms in total. The topological polar surface area (TPSA) is 106 Å². The van der Waals surface area contributed by atoms with Gasteiger partial charge in [-0.2, -0.15) is 5.10 Å². The van der Waals surface area contributed by atoms with Crippen molar-refractivity contribution in [1.82, 2.24) is 5.43 Å². The minimum absolute atomic E-state index is 0.267. The summed E-state index contributed by atoms with van der Waals surface area (Å²) < 4.78 is 10.9. The summed E-state index contributed by atoms with van der Waals surface area (Å²) in [7, 11) is 0. The molecule has 0 spiro atoms. The number of halogens is 1. The third-order valence-electron chi connectivity index (χ3n) is 5.91. The van der Waals surface area contributed by atoms with Crippen LogP contribution in [0.5, 0.6) is 5.75 Å². The molecule has 2 aromatic carbocycles. The molecule has 0 fully saturated rings. The first-order chi connectivity index (χ1) is 18.4. The Kier molecular flexibility index (Phi) is 9.15. The number of hydrogen-bond acceptors (Lipinski definition) is 7. The van der Waals surface area contributed by atoms with Gasteiger partial charge in [-0.15, -0.1) is 11.3 Å². The fourth-order valence-electron chi connectivity index (χ4n) is 4.04. The van der Waals surface area contributed by atoms with Gasteiger partial charge < -0.3 is 14.8 Å². The summed E-state index contributed by atoms with van der Waals surface area (Å²) in [5.41, 5.74) is 5.03. The van der Waals surface area contributed by atoms with Gasteiger partial charge in [0.15, 0.2) is 6.10 Å². The van der Waals surface area contributed by atoms with Crippen molar-refractivity contribution in [3.05, 3.63) is 80.7 Å². The van der Waals surface area contributed by atoms with Crippen molar-refractivity contribution >= 4 is 51.9 Å². The molecule has 10 heteroatoms. The van der Waals surface area contributed by atoms with Crippen LogP contribution in [0.4, 0.5) is 5.00 Å². The van der Waals surface area contributed by atoms with E-state index in [0.717, 1.165) is 41.7 Å². The lowest BCUT2D eigenvalue weighted by Gasteiger charge is -2.13. The van der Waals surface area contributed by atoms with Crippen molar-refractivity contribution in [3.8, 4) is 5.75 Å². The fraction of sp³-hybridized carbons (Fsp3) is 0.286. The van der Waals surface area contributed by atoms with Crippen molar-refractivity contribution in [2.24, 2.45) is 5.10 Å². The summed E-state index contributed by atoms with van der Waals surface area (Å²) in [6.45, 7) is 3.63. The maximum absolute atomic E-state index is 13.0. The number of aryl methyl sites for hydroxylation is 1. The summed E-state index contributed by atoms with van der Waals surface area (Å²) in [5, 5.41) is 7.91. The molecule has 0 saturated carbocycles. The lowest BCUT2D eigenvalue weighted by molar-refractivity contribution is -0.127. The number of carbonyl (C=O) groups excluding carboxylic acids is 3. The van der Waals surface area contributed by atoms with E-state index in [1.807, 2.05) is 6.07 Å². The first-order valence-electron chi connectivity index (χ1n) is 12.3. The number of ether oxygens (including phenoxy) is 2. The van der Waals surface area contributed by atoms with Crippen LogP contribution in [0.15, 0.2) is 53.6 Å². The van der Waals surface area contributed by atoms with Crippen molar-refractivity contribution in [1.29, 1.82) is 0 Å². The molecule has 2 amide bonds. The monoisotopic (exact) mass is 553 g/mol. The standard InChI is InChI=1S/C28H28ClN3O5S/c1-3-36-28(35)24-22-9-4-5-10-23(22)38-27(24)31-26(34)19-11-13-21(14-12-19)37-17(2)25(33)32-30-16-18-7-6-8-20(29)15-18/h6-8,11-17H,3-5,9-10H2,1-2H3,(H,31,34)(H,32,33)/b30-16+. The molecular formula is C28H28ClN3O5S. The fourth-order valence-corrected chi connectivity index (χ4v) is 5.51. The van der Waals surface area contributed by atoms with Gasteiger partial charge in [-0.1, -0.05) is 23.7 Å². The van der Waals surface area contributed by atoms with Gasteiger partial charge in [-0.3, -0.25) is 9.59 Å². The minimum atomic E-state index is -0.823. The SMILES string of the molecule is CCOC(=O)c1c(NC(=O)c2ccc(OC(C)C(=O)N/N=C/c3cccc(Cl)c3)cc2)sc2c1CCCC2. The predicted octanol–water partition coefficient (Wildman–Crippen LogP) is 5.63. The third kappa shape index (κ3) is 6.79. The van der Waals surface area contributed by atoms with Gasteiger partial charge in [0, 0.05) is 15.5 Å². The Bertz CT molecular complexity index is 1350. The highest BCUT2D eigenvalue weighted by Gasteiger charge is 2.27. The second-order valence-electron chi connectivity index (χ2n) is 8.66. The molecule has 0 saturated heterocycles. The summed E-state index contributed by atoms with van der Waals surface area (Å²) in [4.78, 5) is 39.1.